The Kier molecular flexibility index (Phi) is 4.22. The van der Waals surface area contributed by atoms with E-state index in [0.717, 1.165) is 19.5 Å². The number of nitrogens with one attached hydrogen (secondary N) is 1. The van der Waals surface area contributed by atoms with Gasteiger partial charge in [0, 0.05) is 13.1 Å². The summed E-state index contributed by atoms with van der Waals surface area (Å²) in [4.78, 5) is 2.08. The largest absolute Gasteiger partial charge is 0.371 e. The van der Waals surface area contributed by atoms with Crippen LogP contribution in [0.15, 0.2) is 0 Å². The molecular formula is C9H18F2N2O. The third-order valence-corrected chi connectivity index (χ3v) is 2.31. The monoisotopic (exact) mass is 208 g/mol. The molecule has 1 aliphatic heterocycles. The van der Waals surface area contributed by atoms with Gasteiger partial charge < -0.3 is 15.0 Å². The predicted octanol–water partition coefficient (Wildman–Crippen LogP) is 0.562. The molecule has 84 valence electrons. The number of likely N-dealkylation sites (tertiary alicyclic amines) is 1. The van der Waals surface area contributed by atoms with E-state index in [1.54, 1.807) is 0 Å². The number of alkyl halides is 2. The van der Waals surface area contributed by atoms with Gasteiger partial charge >= 0.3 is 0 Å². The molecule has 1 unspecified atom stereocenters. The SMILES string of the molecule is CNCC(F)(F)COC1CCN(C)C1. The zero-order valence-corrected chi connectivity index (χ0v) is 8.72. The lowest BCUT2D eigenvalue weighted by Gasteiger charge is -2.19. The van der Waals surface area contributed by atoms with Crippen molar-refractivity contribution >= 4 is 0 Å². The number of hydrogen-bond donors (Lipinski definition) is 1. The van der Waals surface area contributed by atoms with Gasteiger partial charge in [0.1, 0.15) is 6.61 Å². The first-order chi connectivity index (χ1) is 6.53. The van der Waals surface area contributed by atoms with Crippen LogP contribution in [0.3, 0.4) is 0 Å². The maximum absolute atomic E-state index is 13.0. The molecule has 0 aromatic heterocycles. The summed E-state index contributed by atoms with van der Waals surface area (Å²) >= 11 is 0. The van der Waals surface area contributed by atoms with Crippen LogP contribution in [0, 0.1) is 0 Å². The van der Waals surface area contributed by atoms with Crippen molar-refractivity contribution in [3.63, 3.8) is 0 Å². The maximum Gasteiger partial charge on any atom is 0.283 e. The molecule has 1 fully saturated rings. The topological polar surface area (TPSA) is 24.5 Å². The molecule has 1 heterocycles. The molecule has 0 amide bonds. The number of rotatable bonds is 5. The molecule has 1 N–H and O–H groups in total. The fourth-order valence-corrected chi connectivity index (χ4v) is 1.58. The van der Waals surface area contributed by atoms with E-state index >= 15 is 0 Å². The van der Waals surface area contributed by atoms with Crippen molar-refractivity contribution in [1.82, 2.24) is 10.2 Å². The molecule has 1 atom stereocenters. The summed E-state index contributed by atoms with van der Waals surface area (Å²) in [6.45, 7) is 0.889. The molecule has 1 aliphatic rings. The van der Waals surface area contributed by atoms with Crippen LogP contribution < -0.4 is 5.32 Å². The van der Waals surface area contributed by atoms with Gasteiger partial charge in [-0.2, -0.15) is 0 Å². The Morgan fingerprint density at radius 2 is 2.29 bits per heavy atom. The summed E-state index contributed by atoms with van der Waals surface area (Å²) in [7, 11) is 3.48. The second kappa shape index (κ2) is 5.00. The minimum Gasteiger partial charge on any atom is -0.371 e. The Balaban J connectivity index is 2.19. The molecule has 0 saturated carbocycles. The number of likely N-dealkylation sites (N-methyl/N-ethyl adjacent to an activating group) is 1. The van der Waals surface area contributed by atoms with Gasteiger partial charge in [-0.05, 0) is 20.5 Å². The van der Waals surface area contributed by atoms with Crippen LogP contribution in [0.5, 0.6) is 0 Å². The predicted molar refractivity (Wildman–Crippen MR) is 50.7 cm³/mol. The van der Waals surface area contributed by atoms with Crippen molar-refractivity contribution in [3.8, 4) is 0 Å². The van der Waals surface area contributed by atoms with Gasteiger partial charge in [0.05, 0.1) is 12.6 Å². The second-order valence-corrected chi connectivity index (χ2v) is 3.87. The van der Waals surface area contributed by atoms with Crippen LogP contribution in [0.2, 0.25) is 0 Å². The standard InChI is InChI=1S/C9H18F2N2O/c1-12-6-9(10,11)7-14-8-3-4-13(2)5-8/h8,12H,3-7H2,1-2H3. The van der Waals surface area contributed by atoms with Crippen LogP contribution in [0.1, 0.15) is 6.42 Å². The van der Waals surface area contributed by atoms with Gasteiger partial charge in [0.25, 0.3) is 5.92 Å². The van der Waals surface area contributed by atoms with E-state index in [-0.39, 0.29) is 12.6 Å². The Morgan fingerprint density at radius 1 is 1.57 bits per heavy atom. The van der Waals surface area contributed by atoms with Crippen LogP contribution in [0.25, 0.3) is 0 Å². The number of halogens is 2. The summed E-state index contributed by atoms with van der Waals surface area (Å²) in [5.41, 5.74) is 0. The lowest BCUT2D eigenvalue weighted by Crippen LogP contribution is -2.37. The highest BCUT2D eigenvalue weighted by Gasteiger charge is 2.31. The van der Waals surface area contributed by atoms with Gasteiger partial charge in [-0.15, -0.1) is 0 Å². The number of nitrogens with zero attached hydrogens (tertiary/aromatic N) is 1. The van der Waals surface area contributed by atoms with E-state index in [1.165, 1.54) is 7.05 Å². The van der Waals surface area contributed by atoms with Crippen LogP contribution >= 0.6 is 0 Å². The normalized spacial score (nSPS) is 24.4. The molecule has 1 rings (SSSR count). The average Bonchev–Trinajstić information content (AvgIpc) is 2.48. The van der Waals surface area contributed by atoms with E-state index in [4.69, 9.17) is 4.74 Å². The number of ether oxygens (including phenoxy) is 1. The fourth-order valence-electron chi connectivity index (χ4n) is 1.58. The summed E-state index contributed by atoms with van der Waals surface area (Å²) in [5.74, 6) is -2.75. The van der Waals surface area contributed by atoms with Gasteiger partial charge in [-0.25, -0.2) is 8.78 Å². The minimum atomic E-state index is -2.75. The van der Waals surface area contributed by atoms with Crippen molar-refractivity contribution in [3.05, 3.63) is 0 Å². The third kappa shape index (κ3) is 3.86. The zero-order valence-electron chi connectivity index (χ0n) is 8.72. The van der Waals surface area contributed by atoms with E-state index in [0.29, 0.717) is 0 Å². The first-order valence-electron chi connectivity index (χ1n) is 4.86. The molecule has 0 aliphatic carbocycles. The quantitative estimate of drug-likeness (QED) is 0.714. The fraction of sp³-hybridized carbons (Fsp3) is 1.00. The summed E-state index contributed by atoms with van der Waals surface area (Å²) in [6.07, 6.45) is 0.828. The smallest absolute Gasteiger partial charge is 0.283 e. The second-order valence-electron chi connectivity index (χ2n) is 3.87. The highest BCUT2D eigenvalue weighted by atomic mass is 19.3. The molecule has 0 spiro atoms. The first kappa shape index (κ1) is 11.8. The van der Waals surface area contributed by atoms with Crippen molar-refractivity contribution in [2.24, 2.45) is 0 Å². The van der Waals surface area contributed by atoms with Crippen LogP contribution in [-0.2, 0) is 4.74 Å². The summed E-state index contributed by atoms with van der Waals surface area (Å²) in [5, 5.41) is 2.45. The van der Waals surface area contributed by atoms with E-state index in [9.17, 15) is 8.78 Å². The molecule has 0 bridgehead atoms. The van der Waals surface area contributed by atoms with Gasteiger partial charge in [0.2, 0.25) is 0 Å². The molecule has 5 heteroatoms. The molecular weight excluding hydrogens is 190 g/mol. The first-order valence-corrected chi connectivity index (χ1v) is 4.86. The summed E-state index contributed by atoms with van der Waals surface area (Å²) in [6, 6.07) is 0. The summed E-state index contributed by atoms with van der Waals surface area (Å²) < 4.78 is 31.1. The van der Waals surface area contributed by atoms with Crippen LogP contribution in [0.4, 0.5) is 8.78 Å². The highest BCUT2D eigenvalue weighted by molar-refractivity contribution is 4.75. The highest BCUT2D eigenvalue weighted by Crippen LogP contribution is 2.17. The van der Waals surface area contributed by atoms with E-state index in [2.05, 4.69) is 10.2 Å². The Morgan fingerprint density at radius 3 is 2.79 bits per heavy atom. The van der Waals surface area contributed by atoms with E-state index < -0.39 is 12.5 Å². The average molecular weight is 208 g/mol. The zero-order chi connectivity index (χ0) is 10.6. The van der Waals surface area contributed by atoms with Crippen LogP contribution in [-0.4, -0.2) is 57.3 Å². The molecule has 3 nitrogen and oxygen atoms in total. The molecule has 0 aromatic carbocycles. The molecule has 1 saturated heterocycles. The van der Waals surface area contributed by atoms with Gasteiger partial charge in [0.15, 0.2) is 0 Å². The third-order valence-electron chi connectivity index (χ3n) is 2.31. The van der Waals surface area contributed by atoms with Crippen molar-refractivity contribution in [2.45, 2.75) is 18.4 Å². The molecule has 0 aromatic rings. The van der Waals surface area contributed by atoms with E-state index in [1.807, 2.05) is 7.05 Å². The minimum absolute atomic E-state index is 0.0252. The lowest BCUT2D eigenvalue weighted by atomic mass is 10.3. The van der Waals surface area contributed by atoms with Crippen molar-refractivity contribution in [2.75, 3.05) is 40.3 Å². The Labute approximate surface area is 83.4 Å². The molecule has 14 heavy (non-hydrogen) atoms. The molecule has 0 radical (unpaired) electrons. The maximum atomic E-state index is 13.0. The lowest BCUT2D eigenvalue weighted by molar-refractivity contribution is -0.0933. The van der Waals surface area contributed by atoms with Gasteiger partial charge in [-0.3, -0.25) is 0 Å². The van der Waals surface area contributed by atoms with Crippen molar-refractivity contribution in [1.29, 1.82) is 0 Å². The van der Waals surface area contributed by atoms with Gasteiger partial charge in [-0.1, -0.05) is 0 Å². The Hall–Kier alpha value is -0.260. The van der Waals surface area contributed by atoms with Crippen molar-refractivity contribution < 1.29 is 13.5 Å². The Bertz CT molecular complexity index is 178. The number of hydrogen-bond acceptors (Lipinski definition) is 3.